The number of amides is 2. The number of nitrogens with zero attached hydrogens (tertiary/aromatic N) is 3. The van der Waals surface area contributed by atoms with Crippen molar-refractivity contribution in [3.8, 4) is 0 Å². The molecule has 2 amide bonds. The lowest BCUT2D eigenvalue weighted by Gasteiger charge is -2.33. The number of rotatable bonds is 7. The van der Waals surface area contributed by atoms with Crippen molar-refractivity contribution in [3.05, 3.63) is 34.9 Å². The van der Waals surface area contributed by atoms with Gasteiger partial charge in [0.05, 0.1) is 0 Å². The predicted molar refractivity (Wildman–Crippen MR) is 116 cm³/mol. The van der Waals surface area contributed by atoms with E-state index in [1.807, 2.05) is 36.9 Å². The smallest absolute Gasteiger partial charge is 0.239 e. The first kappa shape index (κ1) is 22.1. The van der Waals surface area contributed by atoms with Gasteiger partial charge in [-0.3, -0.25) is 19.4 Å². The molecular weight excluding hydrogens is 388 g/mol. The molecule has 3 atom stereocenters. The molecule has 2 aliphatic heterocycles. The summed E-state index contributed by atoms with van der Waals surface area (Å²) in [6.45, 7) is 7.71. The molecule has 3 rings (SSSR count). The second-order valence-corrected chi connectivity index (χ2v) is 8.51. The van der Waals surface area contributed by atoms with Crippen LogP contribution in [0.3, 0.4) is 0 Å². The first-order chi connectivity index (χ1) is 13.9. The van der Waals surface area contributed by atoms with Crippen molar-refractivity contribution in [2.24, 2.45) is 0 Å². The number of nitrogens with one attached hydrogen (secondary N) is 1. The topological polar surface area (TPSA) is 55.9 Å². The number of carbonyl (C=O) groups excluding carboxylic acids is 2. The lowest BCUT2D eigenvalue weighted by Crippen LogP contribution is -2.49. The molecule has 160 valence electrons. The quantitative estimate of drug-likeness (QED) is 0.735. The number of likely N-dealkylation sites (tertiary alicyclic amines) is 1. The number of hydrogen-bond donors (Lipinski definition) is 1. The first-order valence-electron chi connectivity index (χ1n) is 10.7. The standard InChI is InChI=1S/C22H33ClN4O2/c1-4-26(5-2)20(28)10-9-18-14-24-22(29)21-19(25(18)3)11-12-27(21)15-16-7-6-8-17(23)13-16/h6-8,13,18-19,21H,4-5,9-12,14-15H2,1-3H3,(H,24,29)/t18-,19-,21-/m1/s1. The number of likely N-dealkylation sites (N-methyl/N-ethyl adjacent to an activating group) is 1. The second kappa shape index (κ2) is 9.92. The Balaban J connectivity index is 1.65. The van der Waals surface area contributed by atoms with Crippen LogP contribution in [0, 0.1) is 0 Å². The zero-order chi connectivity index (χ0) is 21.0. The van der Waals surface area contributed by atoms with Crippen molar-refractivity contribution in [1.29, 1.82) is 0 Å². The third-order valence-electron chi connectivity index (χ3n) is 6.43. The van der Waals surface area contributed by atoms with Crippen molar-refractivity contribution >= 4 is 23.4 Å². The van der Waals surface area contributed by atoms with Gasteiger partial charge in [0.25, 0.3) is 0 Å². The average Bonchev–Trinajstić information content (AvgIpc) is 3.06. The Kier molecular flexibility index (Phi) is 7.55. The maximum absolute atomic E-state index is 12.9. The van der Waals surface area contributed by atoms with E-state index in [9.17, 15) is 9.59 Å². The first-order valence-corrected chi connectivity index (χ1v) is 11.1. The highest BCUT2D eigenvalue weighted by Crippen LogP contribution is 2.29. The lowest BCUT2D eigenvalue weighted by molar-refractivity contribution is -0.131. The van der Waals surface area contributed by atoms with Gasteiger partial charge in [-0.25, -0.2) is 0 Å². The van der Waals surface area contributed by atoms with Crippen LogP contribution in [0.25, 0.3) is 0 Å². The highest BCUT2D eigenvalue weighted by molar-refractivity contribution is 6.30. The number of benzene rings is 1. The maximum Gasteiger partial charge on any atom is 0.239 e. The average molecular weight is 421 g/mol. The molecule has 0 saturated carbocycles. The van der Waals surface area contributed by atoms with Crippen molar-refractivity contribution in [2.75, 3.05) is 33.2 Å². The van der Waals surface area contributed by atoms with Crippen LogP contribution in [0.1, 0.15) is 38.7 Å². The van der Waals surface area contributed by atoms with Gasteiger partial charge in [0.15, 0.2) is 0 Å². The summed E-state index contributed by atoms with van der Waals surface area (Å²) in [4.78, 5) is 31.8. The number of fused-ring (bicyclic) bond motifs is 1. The molecule has 29 heavy (non-hydrogen) atoms. The van der Waals surface area contributed by atoms with Crippen molar-refractivity contribution in [3.63, 3.8) is 0 Å². The molecule has 0 spiro atoms. The van der Waals surface area contributed by atoms with E-state index in [2.05, 4.69) is 28.2 Å². The molecule has 2 fully saturated rings. The van der Waals surface area contributed by atoms with E-state index >= 15 is 0 Å². The Hall–Kier alpha value is -1.63. The molecule has 0 unspecified atom stereocenters. The van der Waals surface area contributed by atoms with Crippen LogP contribution in [0.15, 0.2) is 24.3 Å². The van der Waals surface area contributed by atoms with Crippen LogP contribution < -0.4 is 5.32 Å². The third kappa shape index (κ3) is 5.11. The second-order valence-electron chi connectivity index (χ2n) is 8.07. The van der Waals surface area contributed by atoms with Gasteiger partial charge in [0.2, 0.25) is 11.8 Å². The van der Waals surface area contributed by atoms with Crippen LogP contribution in [0.4, 0.5) is 0 Å². The van der Waals surface area contributed by atoms with E-state index < -0.39 is 0 Å². The SMILES string of the molecule is CCN(CC)C(=O)CC[C@@H]1CNC(=O)[C@H]2[C@@H](CCN2Cc2cccc(Cl)c2)N1C. The number of carbonyl (C=O) groups is 2. The Morgan fingerprint density at radius 1 is 1.31 bits per heavy atom. The molecule has 1 N–H and O–H groups in total. The molecule has 2 aliphatic rings. The number of halogens is 1. The van der Waals surface area contributed by atoms with Gasteiger partial charge in [-0.15, -0.1) is 0 Å². The molecule has 2 heterocycles. The third-order valence-corrected chi connectivity index (χ3v) is 6.67. The summed E-state index contributed by atoms with van der Waals surface area (Å²) in [6.07, 6.45) is 2.25. The minimum absolute atomic E-state index is 0.0962. The normalized spacial score (nSPS) is 25.4. The van der Waals surface area contributed by atoms with Crippen molar-refractivity contribution < 1.29 is 9.59 Å². The van der Waals surface area contributed by atoms with Gasteiger partial charge in [0, 0.05) is 56.3 Å². The largest absolute Gasteiger partial charge is 0.353 e. The summed E-state index contributed by atoms with van der Waals surface area (Å²) < 4.78 is 0. The highest BCUT2D eigenvalue weighted by Gasteiger charge is 2.44. The molecule has 1 aromatic rings. The van der Waals surface area contributed by atoms with Gasteiger partial charge < -0.3 is 10.2 Å². The van der Waals surface area contributed by atoms with Crippen LogP contribution in [-0.2, 0) is 16.1 Å². The van der Waals surface area contributed by atoms with E-state index in [-0.39, 0.29) is 29.9 Å². The van der Waals surface area contributed by atoms with Gasteiger partial charge in [-0.05, 0) is 51.4 Å². The highest BCUT2D eigenvalue weighted by atomic mass is 35.5. The Morgan fingerprint density at radius 2 is 2.07 bits per heavy atom. The van der Waals surface area contributed by atoms with Crippen LogP contribution in [0.2, 0.25) is 5.02 Å². The minimum atomic E-state index is -0.164. The van der Waals surface area contributed by atoms with Gasteiger partial charge >= 0.3 is 0 Å². The fourth-order valence-electron chi connectivity index (χ4n) is 4.72. The summed E-state index contributed by atoms with van der Waals surface area (Å²) in [5.74, 6) is 0.295. The van der Waals surface area contributed by atoms with E-state index in [0.29, 0.717) is 19.5 Å². The molecule has 0 bridgehead atoms. The monoisotopic (exact) mass is 420 g/mol. The molecule has 0 aliphatic carbocycles. The molecule has 1 aromatic carbocycles. The summed E-state index contributed by atoms with van der Waals surface area (Å²) in [7, 11) is 2.10. The van der Waals surface area contributed by atoms with Gasteiger partial charge in [-0.2, -0.15) is 0 Å². The molecule has 7 heteroatoms. The van der Waals surface area contributed by atoms with Crippen LogP contribution >= 0.6 is 11.6 Å². The maximum atomic E-state index is 12.9. The van der Waals surface area contributed by atoms with Gasteiger partial charge in [0.1, 0.15) is 6.04 Å². The number of hydrogen-bond acceptors (Lipinski definition) is 4. The van der Waals surface area contributed by atoms with Crippen molar-refractivity contribution in [1.82, 2.24) is 20.0 Å². The Bertz CT molecular complexity index is 725. The van der Waals surface area contributed by atoms with Crippen LogP contribution in [-0.4, -0.2) is 77.9 Å². The van der Waals surface area contributed by atoms with E-state index in [1.165, 1.54) is 0 Å². The lowest BCUT2D eigenvalue weighted by atomic mass is 10.0. The predicted octanol–water partition coefficient (Wildman–Crippen LogP) is 2.36. The van der Waals surface area contributed by atoms with Crippen LogP contribution in [0.5, 0.6) is 0 Å². The van der Waals surface area contributed by atoms with E-state index in [4.69, 9.17) is 11.6 Å². The van der Waals surface area contributed by atoms with E-state index in [1.54, 1.807) is 0 Å². The van der Waals surface area contributed by atoms with Crippen molar-refractivity contribution in [2.45, 2.75) is 57.8 Å². The van der Waals surface area contributed by atoms with E-state index in [0.717, 1.165) is 43.1 Å². The molecular formula is C22H33ClN4O2. The molecule has 6 nitrogen and oxygen atoms in total. The summed E-state index contributed by atoms with van der Waals surface area (Å²) in [6, 6.07) is 8.03. The summed E-state index contributed by atoms with van der Waals surface area (Å²) >= 11 is 6.13. The zero-order valence-corrected chi connectivity index (χ0v) is 18.5. The fourth-order valence-corrected chi connectivity index (χ4v) is 4.93. The molecule has 0 radical (unpaired) electrons. The summed E-state index contributed by atoms with van der Waals surface area (Å²) in [5, 5.41) is 3.85. The van der Waals surface area contributed by atoms with Gasteiger partial charge in [-0.1, -0.05) is 23.7 Å². The Labute approximate surface area is 179 Å². The Morgan fingerprint density at radius 3 is 2.76 bits per heavy atom. The summed E-state index contributed by atoms with van der Waals surface area (Å²) in [5.41, 5.74) is 1.12. The minimum Gasteiger partial charge on any atom is -0.353 e. The zero-order valence-electron chi connectivity index (χ0n) is 17.7. The fraction of sp³-hybridized carbons (Fsp3) is 0.636. The molecule has 0 aromatic heterocycles. The molecule has 2 saturated heterocycles.